The Morgan fingerprint density at radius 2 is 2.00 bits per heavy atom. The summed E-state index contributed by atoms with van der Waals surface area (Å²) in [5.74, 6) is -0.0532. The van der Waals surface area contributed by atoms with E-state index in [1.54, 1.807) is 18.3 Å². The first kappa shape index (κ1) is 15.0. The number of benzene rings is 1. The highest BCUT2D eigenvalue weighted by atomic mass is 16.4. The summed E-state index contributed by atoms with van der Waals surface area (Å²) in [4.78, 5) is 22.0. The summed E-state index contributed by atoms with van der Waals surface area (Å²) < 4.78 is 0. The maximum absolute atomic E-state index is 11.2. The number of rotatable bonds is 5. The van der Waals surface area contributed by atoms with Crippen LogP contribution in [0.15, 0.2) is 30.5 Å². The normalized spacial score (nSPS) is 10.4. The van der Waals surface area contributed by atoms with Crippen LogP contribution >= 0.6 is 0 Å². The van der Waals surface area contributed by atoms with E-state index in [4.69, 9.17) is 0 Å². The monoisotopic (exact) mass is 285 g/mol. The van der Waals surface area contributed by atoms with Gasteiger partial charge < -0.3 is 10.0 Å². The van der Waals surface area contributed by atoms with Gasteiger partial charge >= 0.3 is 5.97 Å². The van der Waals surface area contributed by atoms with Gasteiger partial charge in [-0.2, -0.15) is 0 Å². The molecule has 0 radical (unpaired) electrons. The van der Waals surface area contributed by atoms with Crippen LogP contribution in [0, 0.1) is 13.8 Å². The molecule has 5 heteroatoms. The second-order valence-corrected chi connectivity index (χ2v) is 5.05. The molecule has 0 aliphatic heterocycles. The summed E-state index contributed by atoms with van der Waals surface area (Å²) in [6.07, 6.45) is 2.39. The molecule has 1 N–H and O–H groups in total. The van der Waals surface area contributed by atoms with Crippen LogP contribution in [0.2, 0.25) is 0 Å². The van der Waals surface area contributed by atoms with Crippen molar-refractivity contribution >= 4 is 11.8 Å². The van der Waals surface area contributed by atoms with Crippen LogP contribution in [0.5, 0.6) is 0 Å². The zero-order valence-electron chi connectivity index (χ0n) is 12.5. The highest BCUT2D eigenvalue weighted by Crippen LogP contribution is 2.15. The number of aryl methyl sites for hydroxylation is 2. The van der Waals surface area contributed by atoms with Crippen molar-refractivity contribution in [1.82, 2.24) is 9.97 Å². The molecule has 0 spiro atoms. The van der Waals surface area contributed by atoms with E-state index >= 15 is 0 Å². The number of hydrogen-bond donors (Lipinski definition) is 1. The van der Waals surface area contributed by atoms with Crippen LogP contribution in [0.1, 0.15) is 27.3 Å². The number of carboxylic acid groups (broad SMARTS) is 1. The third-order valence-electron chi connectivity index (χ3n) is 3.38. The predicted octanol–water partition coefficient (Wildman–Crippen LogP) is 2.47. The molecule has 0 unspecified atom stereocenters. The van der Waals surface area contributed by atoms with Crippen LogP contribution < -0.4 is 4.90 Å². The minimum atomic E-state index is -0.889. The van der Waals surface area contributed by atoms with Crippen molar-refractivity contribution in [2.45, 2.75) is 20.3 Å². The molecule has 1 aromatic heterocycles. The number of aromatic nitrogens is 2. The average molecular weight is 285 g/mol. The van der Waals surface area contributed by atoms with Crippen molar-refractivity contribution in [3.63, 3.8) is 0 Å². The molecule has 2 aromatic rings. The lowest BCUT2D eigenvalue weighted by atomic mass is 10.0. The fraction of sp³-hybridized carbons (Fsp3) is 0.312. The van der Waals surface area contributed by atoms with Gasteiger partial charge in [-0.3, -0.25) is 4.98 Å². The third kappa shape index (κ3) is 3.56. The summed E-state index contributed by atoms with van der Waals surface area (Å²) in [7, 11) is 1.94. The topological polar surface area (TPSA) is 66.3 Å². The molecule has 0 fully saturated rings. The van der Waals surface area contributed by atoms with Crippen molar-refractivity contribution in [1.29, 1.82) is 0 Å². The first-order chi connectivity index (χ1) is 9.99. The van der Waals surface area contributed by atoms with E-state index in [-0.39, 0.29) is 0 Å². The minimum absolute atomic E-state index is 0.359. The van der Waals surface area contributed by atoms with Gasteiger partial charge in [0.1, 0.15) is 5.82 Å². The fourth-order valence-electron chi connectivity index (χ4n) is 2.23. The van der Waals surface area contributed by atoms with Crippen LogP contribution in [0.25, 0.3) is 0 Å². The number of carbonyl (C=O) groups is 1. The van der Waals surface area contributed by atoms with E-state index < -0.39 is 5.97 Å². The van der Waals surface area contributed by atoms with Gasteiger partial charge in [-0.1, -0.05) is 18.2 Å². The van der Waals surface area contributed by atoms with E-state index in [1.807, 2.05) is 37.9 Å². The van der Waals surface area contributed by atoms with Crippen LogP contribution in [-0.4, -0.2) is 34.6 Å². The van der Waals surface area contributed by atoms with Crippen LogP contribution in [0.3, 0.4) is 0 Å². The molecule has 1 heterocycles. The maximum atomic E-state index is 11.2. The Balaban J connectivity index is 2.13. The molecule has 2 rings (SSSR count). The molecule has 21 heavy (non-hydrogen) atoms. The van der Waals surface area contributed by atoms with Crippen molar-refractivity contribution < 1.29 is 9.90 Å². The van der Waals surface area contributed by atoms with E-state index in [0.29, 0.717) is 18.5 Å². The number of likely N-dealkylation sites (N-methyl/N-ethyl adjacent to an activating group) is 1. The lowest BCUT2D eigenvalue weighted by Crippen LogP contribution is -2.23. The number of anilines is 1. The lowest BCUT2D eigenvalue weighted by Gasteiger charge is -2.20. The van der Waals surface area contributed by atoms with Gasteiger partial charge in [-0.25, -0.2) is 9.78 Å². The molecule has 0 saturated heterocycles. The zero-order chi connectivity index (χ0) is 15.4. The standard InChI is InChI=1S/C16H19N3O2/c1-11-10-17-12(2)15(18-11)19(3)9-8-13-6-4-5-7-14(13)16(20)21/h4-7,10H,8-9H2,1-3H3,(H,20,21). The van der Waals surface area contributed by atoms with E-state index in [2.05, 4.69) is 9.97 Å². The molecule has 0 aliphatic rings. The van der Waals surface area contributed by atoms with Gasteiger partial charge in [-0.05, 0) is 31.9 Å². The quantitative estimate of drug-likeness (QED) is 0.914. The Morgan fingerprint density at radius 1 is 1.29 bits per heavy atom. The summed E-state index contributed by atoms with van der Waals surface area (Å²) >= 11 is 0. The Labute approximate surface area is 124 Å². The summed E-state index contributed by atoms with van der Waals surface area (Å²) in [5, 5.41) is 9.19. The Morgan fingerprint density at radius 3 is 2.71 bits per heavy atom. The summed E-state index contributed by atoms with van der Waals surface area (Å²) in [5.41, 5.74) is 2.93. The van der Waals surface area contributed by atoms with E-state index in [9.17, 15) is 9.90 Å². The zero-order valence-corrected chi connectivity index (χ0v) is 12.5. The van der Waals surface area contributed by atoms with Crippen molar-refractivity contribution in [2.24, 2.45) is 0 Å². The Bertz CT molecular complexity index is 656. The minimum Gasteiger partial charge on any atom is -0.478 e. The van der Waals surface area contributed by atoms with Gasteiger partial charge in [0.05, 0.1) is 17.0 Å². The molecule has 110 valence electrons. The fourth-order valence-corrected chi connectivity index (χ4v) is 2.23. The molecular weight excluding hydrogens is 266 g/mol. The lowest BCUT2D eigenvalue weighted by molar-refractivity contribution is 0.0695. The van der Waals surface area contributed by atoms with Crippen molar-refractivity contribution in [3.8, 4) is 0 Å². The number of aromatic carboxylic acids is 1. The molecule has 0 amide bonds. The van der Waals surface area contributed by atoms with Crippen LogP contribution in [-0.2, 0) is 6.42 Å². The molecular formula is C16H19N3O2. The van der Waals surface area contributed by atoms with Crippen molar-refractivity contribution in [2.75, 3.05) is 18.5 Å². The molecule has 1 aromatic carbocycles. The molecule has 0 saturated carbocycles. The second kappa shape index (κ2) is 6.35. The highest BCUT2D eigenvalue weighted by Gasteiger charge is 2.12. The summed E-state index contributed by atoms with van der Waals surface area (Å²) in [6.45, 7) is 4.51. The molecule has 0 bridgehead atoms. The van der Waals surface area contributed by atoms with Gasteiger partial charge in [0.25, 0.3) is 0 Å². The molecule has 5 nitrogen and oxygen atoms in total. The SMILES string of the molecule is Cc1cnc(C)c(N(C)CCc2ccccc2C(=O)O)n1. The number of carboxylic acids is 1. The number of hydrogen-bond acceptors (Lipinski definition) is 4. The first-order valence-corrected chi connectivity index (χ1v) is 6.81. The third-order valence-corrected chi connectivity index (χ3v) is 3.38. The Kier molecular flexibility index (Phi) is 4.52. The van der Waals surface area contributed by atoms with Gasteiger partial charge in [0.2, 0.25) is 0 Å². The van der Waals surface area contributed by atoms with Crippen LogP contribution in [0.4, 0.5) is 5.82 Å². The second-order valence-electron chi connectivity index (χ2n) is 5.05. The van der Waals surface area contributed by atoms with Gasteiger partial charge in [-0.15, -0.1) is 0 Å². The maximum Gasteiger partial charge on any atom is 0.335 e. The smallest absolute Gasteiger partial charge is 0.335 e. The van der Waals surface area contributed by atoms with Gasteiger partial charge in [0.15, 0.2) is 0 Å². The largest absolute Gasteiger partial charge is 0.478 e. The van der Waals surface area contributed by atoms with E-state index in [0.717, 1.165) is 22.8 Å². The van der Waals surface area contributed by atoms with E-state index in [1.165, 1.54) is 0 Å². The number of nitrogens with zero attached hydrogens (tertiary/aromatic N) is 3. The molecule has 0 atom stereocenters. The van der Waals surface area contributed by atoms with Crippen molar-refractivity contribution in [3.05, 3.63) is 53.0 Å². The van der Waals surface area contributed by atoms with Gasteiger partial charge in [0, 0.05) is 19.8 Å². The summed E-state index contributed by atoms with van der Waals surface area (Å²) in [6, 6.07) is 7.09. The first-order valence-electron chi connectivity index (χ1n) is 6.81. The molecule has 0 aliphatic carbocycles. The predicted molar refractivity (Wildman–Crippen MR) is 81.9 cm³/mol. The Hall–Kier alpha value is -2.43. The highest BCUT2D eigenvalue weighted by molar-refractivity contribution is 5.89. The average Bonchev–Trinajstić information content (AvgIpc) is 2.47.